The summed E-state index contributed by atoms with van der Waals surface area (Å²) in [4.78, 5) is 16.8. The molecular weight excluding hydrogens is 421 g/mol. The van der Waals surface area contributed by atoms with E-state index in [0.29, 0.717) is 32.6 Å². The van der Waals surface area contributed by atoms with Gasteiger partial charge in [-0.25, -0.2) is 12.8 Å². The van der Waals surface area contributed by atoms with Crippen molar-refractivity contribution < 1.29 is 22.3 Å². The van der Waals surface area contributed by atoms with Crippen molar-refractivity contribution in [2.24, 2.45) is 0 Å². The number of methoxy groups -OCH3 is 1. The minimum Gasteiger partial charge on any atom is -0.495 e. The zero-order valence-electron chi connectivity index (χ0n) is 17.4. The minimum atomic E-state index is -3.96. The lowest BCUT2D eigenvalue weighted by Crippen LogP contribution is -2.56. The summed E-state index contributed by atoms with van der Waals surface area (Å²) >= 11 is 0. The van der Waals surface area contributed by atoms with Crippen LogP contribution in [0.1, 0.15) is 12.0 Å². The molecule has 7 nitrogen and oxygen atoms in total. The predicted octanol–water partition coefficient (Wildman–Crippen LogP) is 1.94. The largest absolute Gasteiger partial charge is 0.495 e. The molecule has 31 heavy (non-hydrogen) atoms. The van der Waals surface area contributed by atoms with Crippen LogP contribution in [0, 0.1) is 5.82 Å². The molecule has 0 aliphatic carbocycles. The van der Waals surface area contributed by atoms with Crippen LogP contribution < -0.4 is 4.74 Å². The Kier molecular flexibility index (Phi) is 6.27. The van der Waals surface area contributed by atoms with Gasteiger partial charge < -0.3 is 9.64 Å². The normalized spacial score (nSPS) is 20.9. The fourth-order valence-electron chi connectivity index (χ4n) is 4.27. The van der Waals surface area contributed by atoms with Gasteiger partial charge in [0.15, 0.2) is 0 Å². The van der Waals surface area contributed by atoms with E-state index in [9.17, 15) is 17.6 Å². The molecule has 9 heteroatoms. The molecule has 1 unspecified atom stereocenters. The Hall–Kier alpha value is -2.49. The maximum atomic E-state index is 13.8. The van der Waals surface area contributed by atoms with Crippen LogP contribution in [-0.2, 0) is 21.4 Å². The number of rotatable bonds is 5. The highest BCUT2D eigenvalue weighted by Crippen LogP contribution is 2.29. The summed E-state index contributed by atoms with van der Waals surface area (Å²) in [5, 5.41) is 0. The molecule has 0 aromatic heterocycles. The number of halogens is 1. The van der Waals surface area contributed by atoms with Crippen LogP contribution in [0.5, 0.6) is 5.75 Å². The number of benzene rings is 2. The Morgan fingerprint density at radius 2 is 1.77 bits per heavy atom. The third-order valence-electron chi connectivity index (χ3n) is 5.94. The van der Waals surface area contributed by atoms with Crippen LogP contribution in [-0.4, -0.2) is 74.3 Å². The van der Waals surface area contributed by atoms with E-state index in [-0.39, 0.29) is 35.7 Å². The summed E-state index contributed by atoms with van der Waals surface area (Å²) in [7, 11) is -2.60. The Morgan fingerprint density at radius 3 is 2.52 bits per heavy atom. The van der Waals surface area contributed by atoms with Gasteiger partial charge in [0, 0.05) is 39.3 Å². The van der Waals surface area contributed by atoms with E-state index in [0.717, 1.165) is 11.6 Å². The molecule has 0 saturated carbocycles. The van der Waals surface area contributed by atoms with Crippen LogP contribution >= 0.6 is 0 Å². The first kappa shape index (κ1) is 21.7. The molecule has 0 spiro atoms. The first-order valence-electron chi connectivity index (χ1n) is 10.3. The lowest BCUT2D eigenvalue weighted by molar-refractivity contribution is -0.142. The molecular formula is C22H26FN3O4S. The monoisotopic (exact) mass is 447 g/mol. The zero-order chi connectivity index (χ0) is 22.0. The topological polar surface area (TPSA) is 70.2 Å². The summed E-state index contributed by atoms with van der Waals surface area (Å²) in [5.41, 5.74) is 1.07. The van der Waals surface area contributed by atoms with Crippen molar-refractivity contribution in [3.05, 3.63) is 59.9 Å². The molecule has 2 aliphatic heterocycles. The highest BCUT2D eigenvalue weighted by molar-refractivity contribution is 7.89. The predicted molar refractivity (Wildman–Crippen MR) is 114 cm³/mol. The lowest BCUT2D eigenvalue weighted by atomic mass is 10.1. The van der Waals surface area contributed by atoms with Crippen molar-refractivity contribution >= 4 is 15.9 Å². The number of piperazine rings is 1. The second-order valence-electron chi connectivity index (χ2n) is 7.79. The Morgan fingerprint density at radius 1 is 1.03 bits per heavy atom. The summed E-state index contributed by atoms with van der Waals surface area (Å²) in [5.74, 6) is -0.510. The molecule has 0 radical (unpaired) electrons. The molecule has 1 amide bonds. The Balaban J connectivity index is 1.51. The van der Waals surface area contributed by atoms with Crippen LogP contribution in [0.25, 0.3) is 0 Å². The first-order valence-corrected chi connectivity index (χ1v) is 11.7. The summed E-state index contributed by atoms with van der Waals surface area (Å²) < 4.78 is 46.7. The quantitative estimate of drug-likeness (QED) is 0.701. The second kappa shape index (κ2) is 8.94. The van der Waals surface area contributed by atoms with Gasteiger partial charge in [0.05, 0.1) is 13.2 Å². The van der Waals surface area contributed by atoms with Gasteiger partial charge in [-0.05, 0) is 30.2 Å². The van der Waals surface area contributed by atoms with Gasteiger partial charge >= 0.3 is 0 Å². The maximum absolute atomic E-state index is 13.8. The molecule has 1 atom stereocenters. The lowest BCUT2D eigenvalue weighted by Gasteiger charge is -2.39. The minimum absolute atomic E-state index is 0.0256. The number of carbonyl (C=O) groups is 1. The van der Waals surface area contributed by atoms with Gasteiger partial charge in [-0.3, -0.25) is 9.69 Å². The molecule has 0 bridgehead atoms. The zero-order valence-corrected chi connectivity index (χ0v) is 18.2. The van der Waals surface area contributed by atoms with E-state index in [1.807, 2.05) is 35.2 Å². The van der Waals surface area contributed by atoms with Crippen molar-refractivity contribution in [3.8, 4) is 5.75 Å². The number of sulfonamides is 1. The molecule has 2 heterocycles. The molecule has 2 aromatic carbocycles. The third kappa shape index (κ3) is 4.44. The smallest absolute Gasteiger partial charge is 0.246 e. The number of hydrogen-bond donors (Lipinski definition) is 0. The average Bonchev–Trinajstić information content (AvgIpc) is 3.00. The number of nitrogens with zero attached hydrogens (tertiary/aromatic N) is 3. The first-order chi connectivity index (χ1) is 14.9. The van der Waals surface area contributed by atoms with E-state index < -0.39 is 15.8 Å². The van der Waals surface area contributed by atoms with E-state index in [1.54, 1.807) is 0 Å². The van der Waals surface area contributed by atoms with Crippen molar-refractivity contribution in [2.45, 2.75) is 23.9 Å². The van der Waals surface area contributed by atoms with Crippen molar-refractivity contribution in [1.82, 2.24) is 14.1 Å². The highest BCUT2D eigenvalue weighted by Gasteiger charge is 2.39. The van der Waals surface area contributed by atoms with E-state index >= 15 is 0 Å². The van der Waals surface area contributed by atoms with Gasteiger partial charge in [-0.2, -0.15) is 4.31 Å². The van der Waals surface area contributed by atoms with E-state index in [2.05, 4.69) is 4.90 Å². The molecule has 2 aromatic rings. The summed E-state index contributed by atoms with van der Waals surface area (Å²) in [6.45, 7) is 2.73. The van der Waals surface area contributed by atoms with Crippen LogP contribution in [0.3, 0.4) is 0 Å². The van der Waals surface area contributed by atoms with Gasteiger partial charge in [-0.15, -0.1) is 0 Å². The Labute approximate surface area is 182 Å². The molecule has 0 N–H and O–H groups in total. The number of amides is 1. The number of carbonyl (C=O) groups excluding carboxylic acids is 1. The highest BCUT2D eigenvalue weighted by atomic mass is 32.2. The van der Waals surface area contributed by atoms with Crippen LogP contribution in [0.2, 0.25) is 0 Å². The third-order valence-corrected chi connectivity index (χ3v) is 7.86. The fourth-order valence-corrected chi connectivity index (χ4v) is 5.88. The summed E-state index contributed by atoms with van der Waals surface area (Å²) in [6, 6.07) is 12.9. The molecule has 2 saturated heterocycles. The number of fused-ring (bicyclic) bond motifs is 1. The average molecular weight is 448 g/mol. The molecule has 4 rings (SSSR count). The van der Waals surface area contributed by atoms with Gasteiger partial charge in [0.25, 0.3) is 0 Å². The fraction of sp³-hybridized carbons (Fsp3) is 0.409. The summed E-state index contributed by atoms with van der Waals surface area (Å²) in [6.07, 6.45) is 0.390. The van der Waals surface area contributed by atoms with E-state index in [1.165, 1.54) is 23.5 Å². The van der Waals surface area contributed by atoms with Crippen LogP contribution in [0.4, 0.5) is 4.39 Å². The van der Waals surface area contributed by atoms with E-state index in [4.69, 9.17) is 4.74 Å². The standard InChI is InChI=1S/C22H26FN3O4S/c1-30-20-8-7-18(23)15-21(20)31(28,29)26-10-9-19-22(27)25(12-11-24(19)13-14-26)16-17-5-3-2-4-6-17/h2-8,15,19H,9-14,16H2,1H3. The molecule has 2 fully saturated rings. The number of hydrogen-bond acceptors (Lipinski definition) is 5. The molecule has 2 aliphatic rings. The molecule has 166 valence electrons. The number of ether oxygens (including phenoxy) is 1. The van der Waals surface area contributed by atoms with Crippen LogP contribution in [0.15, 0.2) is 53.4 Å². The van der Waals surface area contributed by atoms with Gasteiger partial charge in [-0.1, -0.05) is 30.3 Å². The van der Waals surface area contributed by atoms with Gasteiger partial charge in [0.2, 0.25) is 15.9 Å². The SMILES string of the molecule is COc1ccc(F)cc1S(=O)(=O)N1CCC2C(=O)N(Cc3ccccc3)CCN2CC1. The maximum Gasteiger partial charge on any atom is 0.246 e. The second-order valence-corrected chi connectivity index (χ2v) is 9.69. The Bertz CT molecular complexity index is 1050. The van der Waals surface area contributed by atoms with Crippen molar-refractivity contribution in [1.29, 1.82) is 0 Å². The van der Waals surface area contributed by atoms with Crippen molar-refractivity contribution in [2.75, 3.05) is 39.8 Å². The van der Waals surface area contributed by atoms with Gasteiger partial charge in [0.1, 0.15) is 16.5 Å². The van der Waals surface area contributed by atoms with Crippen molar-refractivity contribution in [3.63, 3.8) is 0 Å².